The molecule has 8 heteroatoms. The van der Waals surface area contributed by atoms with E-state index in [2.05, 4.69) is 10.2 Å². The van der Waals surface area contributed by atoms with E-state index in [1.165, 1.54) is 6.07 Å². The van der Waals surface area contributed by atoms with Crippen molar-refractivity contribution in [1.29, 1.82) is 0 Å². The topological polar surface area (TPSA) is 82.8 Å². The van der Waals surface area contributed by atoms with Crippen LogP contribution in [0.15, 0.2) is 52.9 Å². The highest BCUT2D eigenvalue weighted by Crippen LogP contribution is 2.24. The van der Waals surface area contributed by atoms with Crippen LogP contribution in [-0.2, 0) is 0 Å². The van der Waals surface area contributed by atoms with Crippen LogP contribution < -0.4 is 10.2 Å². The van der Waals surface area contributed by atoms with E-state index in [1.807, 2.05) is 12.1 Å². The van der Waals surface area contributed by atoms with Crippen molar-refractivity contribution in [2.75, 3.05) is 35.1 Å². The maximum atomic E-state index is 12.5. The smallest absolute Gasteiger partial charge is 0.371 e. The van der Waals surface area contributed by atoms with Gasteiger partial charge in [0, 0.05) is 47.2 Å². The molecule has 2 aromatic carbocycles. The second kappa shape index (κ2) is 8.99. The molecule has 0 aliphatic rings. The molecule has 0 fully saturated rings. The standard InChI is InChI=1S/C20H18Cl2N2O4/c21-7-9-24(10-8-22)16-4-1-13(2-5-16)19(25)23-15-3-6-17-14(11-15)12-18(28-17)20(26)27/h1-6,11-12H,7-10H2,(H,23,25)(H,26,27). The van der Waals surface area contributed by atoms with Gasteiger partial charge in [0.1, 0.15) is 5.58 Å². The third kappa shape index (κ3) is 4.58. The van der Waals surface area contributed by atoms with Gasteiger partial charge in [-0.2, -0.15) is 0 Å². The maximum absolute atomic E-state index is 12.5. The third-order valence-corrected chi connectivity index (χ3v) is 4.53. The molecule has 1 heterocycles. The molecule has 0 saturated heterocycles. The number of aromatic carboxylic acids is 1. The largest absolute Gasteiger partial charge is 0.475 e. The first kappa shape index (κ1) is 20.0. The van der Waals surface area contributed by atoms with Crippen molar-refractivity contribution in [2.45, 2.75) is 0 Å². The van der Waals surface area contributed by atoms with E-state index in [-0.39, 0.29) is 11.7 Å². The Morgan fingerprint density at radius 1 is 1.00 bits per heavy atom. The first-order valence-electron chi connectivity index (χ1n) is 8.57. The Labute approximate surface area is 171 Å². The fourth-order valence-electron chi connectivity index (χ4n) is 2.83. The van der Waals surface area contributed by atoms with Crippen molar-refractivity contribution >= 4 is 57.4 Å². The lowest BCUT2D eigenvalue weighted by Gasteiger charge is -2.22. The number of halogens is 2. The van der Waals surface area contributed by atoms with Crippen LogP contribution in [0.4, 0.5) is 11.4 Å². The molecular formula is C20H18Cl2N2O4. The highest BCUT2D eigenvalue weighted by Gasteiger charge is 2.13. The molecule has 3 rings (SSSR count). The molecule has 28 heavy (non-hydrogen) atoms. The van der Waals surface area contributed by atoms with Gasteiger partial charge in [0.15, 0.2) is 0 Å². The van der Waals surface area contributed by atoms with Crippen LogP contribution in [0.5, 0.6) is 0 Å². The number of anilines is 2. The summed E-state index contributed by atoms with van der Waals surface area (Å²) in [5, 5.41) is 12.4. The molecule has 1 amide bonds. The summed E-state index contributed by atoms with van der Waals surface area (Å²) in [4.78, 5) is 25.6. The summed E-state index contributed by atoms with van der Waals surface area (Å²) in [6, 6.07) is 13.5. The molecule has 2 N–H and O–H groups in total. The molecule has 1 aromatic heterocycles. The van der Waals surface area contributed by atoms with E-state index >= 15 is 0 Å². The summed E-state index contributed by atoms with van der Waals surface area (Å²) in [5.41, 5.74) is 2.43. The van der Waals surface area contributed by atoms with Gasteiger partial charge >= 0.3 is 5.97 Å². The summed E-state index contributed by atoms with van der Waals surface area (Å²) in [6.07, 6.45) is 0. The number of alkyl halides is 2. The zero-order chi connectivity index (χ0) is 20.1. The Balaban J connectivity index is 1.73. The lowest BCUT2D eigenvalue weighted by molar-refractivity contribution is 0.0665. The van der Waals surface area contributed by atoms with Crippen LogP contribution in [0.2, 0.25) is 0 Å². The molecule has 0 aliphatic heterocycles. The zero-order valence-corrected chi connectivity index (χ0v) is 16.3. The SMILES string of the molecule is O=C(Nc1ccc2oc(C(=O)O)cc2c1)c1ccc(N(CCCl)CCCl)cc1. The van der Waals surface area contributed by atoms with Gasteiger partial charge in [-0.05, 0) is 48.5 Å². The van der Waals surface area contributed by atoms with Crippen molar-refractivity contribution < 1.29 is 19.1 Å². The normalized spacial score (nSPS) is 10.8. The molecule has 0 saturated carbocycles. The summed E-state index contributed by atoms with van der Waals surface area (Å²) in [6.45, 7) is 1.34. The van der Waals surface area contributed by atoms with Gasteiger partial charge in [-0.1, -0.05) is 0 Å². The van der Waals surface area contributed by atoms with E-state index in [9.17, 15) is 9.59 Å². The van der Waals surface area contributed by atoms with Gasteiger partial charge in [0.25, 0.3) is 5.91 Å². The fraction of sp³-hybridized carbons (Fsp3) is 0.200. The van der Waals surface area contributed by atoms with Gasteiger partial charge in [-0.3, -0.25) is 4.79 Å². The van der Waals surface area contributed by atoms with E-state index in [0.29, 0.717) is 47.1 Å². The van der Waals surface area contributed by atoms with E-state index in [4.69, 9.17) is 32.7 Å². The predicted octanol–water partition coefficient (Wildman–Crippen LogP) is 4.67. The molecule has 3 aromatic rings. The number of amides is 1. The maximum Gasteiger partial charge on any atom is 0.371 e. The van der Waals surface area contributed by atoms with Gasteiger partial charge in [0.05, 0.1) is 0 Å². The third-order valence-electron chi connectivity index (χ3n) is 4.19. The van der Waals surface area contributed by atoms with Gasteiger partial charge in [0.2, 0.25) is 5.76 Å². The van der Waals surface area contributed by atoms with Gasteiger partial charge in [-0.15, -0.1) is 23.2 Å². The number of hydrogen-bond donors (Lipinski definition) is 2. The number of nitrogens with zero attached hydrogens (tertiary/aromatic N) is 1. The Kier molecular flexibility index (Phi) is 6.44. The summed E-state index contributed by atoms with van der Waals surface area (Å²) >= 11 is 11.7. The van der Waals surface area contributed by atoms with E-state index in [0.717, 1.165) is 5.69 Å². The molecule has 0 atom stereocenters. The van der Waals surface area contributed by atoms with Crippen molar-refractivity contribution in [3.63, 3.8) is 0 Å². The minimum absolute atomic E-state index is 0.146. The molecule has 6 nitrogen and oxygen atoms in total. The van der Waals surface area contributed by atoms with Crippen molar-refractivity contribution in [3.8, 4) is 0 Å². The number of carbonyl (C=O) groups excluding carboxylic acids is 1. The van der Waals surface area contributed by atoms with Crippen molar-refractivity contribution in [2.24, 2.45) is 0 Å². The number of carboxylic acid groups (broad SMARTS) is 1. The average molecular weight is 421 g/mol. The zero-order valence-electron chi connectivity index (χ0n) is 14.8. The second-order valence-corrected chi connectivity index (χ2v) is 6.79. The highest BCUT2D eigenvalue weighted by atomic mass is 35.5. The molecule has 0 aliphatic carbocycles. The minimum atomic E-state index is -1.14. The molecule has 146 valence electrons. The quantitative estimate of drug-likeness (QED) is 0.517. The molecule has 0 radical (unpaired) electrons. The molecule has 0 unspecified atom stereocenters. The first-order valence-corrected chi connectivity index (χ1v) is 9.64. The summed E-state index contributed by atoms with van der Waals surface area (Å²) in [7, 11) is 0. The Bertz CT molecular complexity index is 980. The van der Waals surface area contributed by atoms with Crippen LogP contribution in [0, 0.1) is 0 Å². The summed E-state index contributed by atoms with van der Waals surface area (Å²) < 4.78 is 5.21. The summed E-state index contributed by atoms with van der Waals surface area (Å²) in [5.74, 6) is -0.584. The lowest BCUT2D eigenvalue weighted by Crippen LogP contribution is -2.27. The van der Waals surface area contributed by atoms with Crippen LogP contribution >= 0.6 is 23.2 Å². The minimum Gasteiger partial charge on any atom is -0.475 e. The van der Waals surface area contributed by atoms with Crippen LogP contribution in [0.3, 0.4) is 0 Å². The number of hydrogen-bond acceptors (Lipinski definition) is 4. The average Bonchev–Trinajstić information content (AvgIpc) is 3.12. The van der Waals surface area contributed by atoms with Crippen LogP contribution in [0.1, 0.15) is 20.9 Å². The number of carbonyl (C=O) groups is 2. The number of rotatable bonds is 8. The molecule has 0 bridgehead atoms. The number of nitrogens with one attached hydrogen (secondary N) is 1. The van der Waals surface area contributed by atoms with Gasteiger partial charge in [-0.25, -0.2) is 4.79 Å². The predicted molar refractivity (Wildman–Crippen MR) is 111 cm³/mol. The monoisotopic (exact) mass is 420 g/mol. The number of furan rings is 1. The van der Waals surface area contributed by atoms with Crippen molar-refractivity contribution in [3.05, 3.63) is 59.9 Å². The van der Waals surface area contributed by atoms with Crippen LogP contribution in [0.25, 0.3) is 11.0 Å². The highest BCUT2D eigenvalue weighted by molar-refractivity contribution is 6.18. The van der Waals surface area contributed by atoms with Crippen molar-refractivity contribution in [1.82, 2.24) is 0 Å². The fourth-order valence-corrected chi connectivity index (χ4v) is 3.24. The van der Waals surface area contributed by atoms with E-state index < -0.39 is 5.97 Å². The lowest BCUT2D eigenvalue weighted by atomic mass is 10.1. The number of fused-ring (bicyclic) bond motifs is 1. The van der Waals surface area contributed by atoms with Gasteiger partial charge < -0.3 is 19.7 Å². The molecule has 0 spiro atoms. The Hall–Kier alpha value is -2.70. The first-order chi connectivity index (χ1) is 13.5. The van der Waals surface area contributed by atoms with E-state index in [1.54, 1.807) is 30.3 Å². The number of carboxylic acids is 1. The van der Waals surface area contributed by atoms with Crippen LogP contribution in [-0.4, -0.2) is 41.8 Å². The molecular weight excluding hydrogens is 403 g/mol. The second-order valence-electron chi connectivity index (χ2n) is 6.03. The Morgan fingerprint density at radius 3 is 2.29 bits per heavy atom. The number of benzene rings is 2. The Morgan fingerprint density at radius 2 is 1.68 bits per heavy atom.